The Balaban J connectivity index is 2.43. The third-order valence-electron chi connectivity index (χ3n) is 2.61. The summed E-state index contributed by atoms with van der Waals surface area (Å²) in [6.45, 7) is 0. The van der Waals surface area contributed by atoms with Gasteiger partial charge >= 0.3 is 5.63 Å². The van der Waals surface area contributed by atoms with Crippen LogP contribution in [0.1, 0.15) is 0 Å². The molecule has 0 fully saturated rings. The van der Waals surface area contributed by atoms with E-state index in [2.05, 4.69) is 15.9 Å². The molecule has 0 radical (unpaired) electrons. The Morgan fingerprint density at radius 1 is 1.22 bits per heavy atom. The van der Waals surface area contributed by atoms with Crippen LogP contribution in [0.2, 0.25) is 0 Å². The van der Waals surface area contributed by atoms with Crippen LogP contribution in [0, 0.1) is 0 Å². The summed E-state index contributed by atoms with van der Waals surface area (Å²) in [7, 11) is 0. The lowest BCUT2D eigenvalue weighted by molar-refractivity contribution is 0.465. The van der Waals surface area contributed by atoms with Gasteiger partial charge in [0.2, 0.25) is 0 Å². The van der Waals surface area contributed by atoms with Gasteiger partial charge in [-0.25, -0.2) is 4.79 Å². The number of benzene rings is 1. The molecule has 3 aromatic rings. The molecule has 90 valence electrons. The van der Waals surface area contributed by atoms with Gasteiger partial charge in [-0.2, -0.15) is 0 Å². The summed E-state index contributed by atoms with van der Waals surface area (Å²) in [6.07, 6.45) is 1.43. The molecular weight excluding hydrogens is 300 g/mol. The molecule has 1 N–H and O–H groups in total. The molecule has 3 rings (SSSR count). The Morgan fingerprint density at radius 2 is 2.06 bits per heavy atom. The summed E-state index contributed by atoms with van der Waals surface area (Å²) in [6, 6.07) is 8.26. The molecular formula is C13H7BrO4. The number of hydrogen-bond acceptors (Lipinski definition) is 4. The van der Waals surface area contributed by atoms with Crippen LogP contribution >= 0.6 is 15.9 Å². The summed E-state index contributed by atoms with van der Waals surface area (Å²) >= 11 is 3.30. The summed E-state index contributed by atoms with van der Waals surface area (Å²) in [5, 5.41) is 10.6. The van der Waals surface area contributed by atoms with E-state index in [4.69, 9.17) is 8.83 Å². The largest absolute Gasteiger partial charge is 0.506 e. The molecule has 18 heavy (non-hydrogen) atoms. The third-order valence-corrected chi connectivity index (χ3v) is 3.10. The third kappa shape index (κ3) is 1.64. The highest BCUT2D eigenvalue weighted by molar-refractivity contribution is 9.10. The second-order valence-corrected chi connectivity index (χ2v) is 4.65. The molecule has 2 heterocycles. The van der Waals surface area contributed by atoms with Gasteiger partial charge in [-0.05, 0) is 30.3 Å². The Kier molecular flexibility index (Phi) is 2.48. The second-order valence-electron chi connectivity index (χ2n) is 3.73. The summed E-state index contributed by atoms with van der Waals surface area (Å²) in [5.41, 5.74) is -0.265. The fourth-order valence-electron chi connectivity index (χ4n) is 1.80. The molecule has 0 atom stereocenters. The van der Waals surface area contributed by atoms with Gasteiger partial charge in [0.25, 0.3) is 0 Å². The standard InChI is InChI=1S/C13H7BrO4/c14-7-3-4-9-8(6-7)12(15)11(13(16)18-9)10-2-1-5-17-10/h1-6,15H. The zero-order valence-corrected chi connectivity index (χ0v) is 10.6. The van der Waals surface area contributed by atoms with Gasteiger partial charge in [0.15, 0.2) is 0 Å². The number of aromatic hydroxyl groups is 1. The lowest BCUT2D eigenvalue weighted by atomic mass is 10.1. The van der Waals surface area contributed by atoms with Crippen molar-refractivity contribution in [3.8, 4) is 17.1 Å². The highest BCUT2D eigenvalue weighted by atomic mass is 79.9. The first kappa shape index (κ1) is 11.1. The van der Waals surface area contributed by atoms with Crippen LogP contribution in [0.3, 0.4) is 0 Å². The van der Waals surface area contributed by atoms with Crippen LogP contribution in [0.25, 0.3) is 22.3 Å². The molecule has 4 nitrogen and oxygen atoms in total. The van der Waals surface area contributed by atoms with E-state index in [0.29, 0.717) is 11.0 Å². The topological polar surface area (TPSA) is 63.6 Å². The smallest absolute Gasteiger partial charge is 0.351 e. The molecule has 0 aliphatic heterocycles. The SMILES string of the molecule is O=c1oc2ccc(Br)cc2c(O)c1-c1ccco1. The lowest BCUT2D eigenvalue weighted by Crippen LogP contribution is -2.02. The van der Waals surface area contributed by atoms with E-state index in [0.717, 1.165) is 4.47 Å². The molecule has 0 aliphatic rings. The van der Waals surface area contributed by atoms with Gasteiger partial charge in [-0.3, -0.25) is 0 Å². The van der Waals surface area contributed by atoms with Crippen molar-refractivity contribution in [2.24, 2.45) is 0 Å². The number of furan rings is 1. The average molecular weight is 307 g/mol. The van der Waals surface area contributed by atoms with E-state index in [9.17, 15) is 9.90 Å². The molecule has 0 aliphatic carbocycles. The van der Waals surface area contributed by atoms with Crippen molar-refractivity contribution in [1.82, 2.24) is 0 Å². The number of halogens is 1. The maximum absolute atomic E-state index is 11.8. The van der Waals surface area contributed by atoms with Crippen molar-refractivity contribution in [3.05, 3.63) is 51.5 Å². The lowest BCUT2D eigenvalue weighted by Gasteiger charge is -2.04. The fourth-order valence-corrected chi connectivity index (χ4v) is 2.16. The molecule has 2 aromatic heterocycles. The molecule has 1 aromatic carbocycles. The molecule has 0 amide bonds. The maximum atomic E-state index is 11.8. The molecule has 0 unspecified atom stereocenters. The van der Waals surface area contributed by atoms with Crippen molar-refractivity contribution in [2.45, 2.75) is 0 Å². The van der Waals surface area contributed by atoms with Crippen molar-refractivity contribution in [2.75, 3.05) is 0 Å². The zero-order valence-electron chi connectivity index (χ0n) is 9.01. The van der Waals surface area contributed by atoms with Crippen LogP contribution < -0.4 is 5.63 Å². The van der Waals surface area contributed by atoms with Crippen LogP contribution in [0.15, 0.2) is 54.7 Å². The summed E-state index contributed by atoms with van der Waals surface area (Å²) < 4.78 is 11.1. The van der Waals surface area contributed by atoms with Gasteiger partial charge in [-0.15, -0.1) is 0 Å². The van der Waals surface area contributed by atoms with Crippen molar-refractivity contribution in [1.29, 1.82) is 0 Å². The quantitative estimate of drug-likeness (QED) is 0.699. The number of hydrogen-bond donors (Lipinski definition) is 1. The molecule has 0 saturated carbocycles. The van der Waals surface area contributed by atoms with E-state index >= 15 is 0 Å². The van der Waals surface area contributed by atoms with Crippen molar-refractivity contribution < 1.29 is 13.9 Å². The van der Waals surface area contributed by atoms with E-state index in [1.54, 1.807) is 30.3 Å². The van der Waals surface area contributed by atoms with Crippen molar-refractivity contribution >= 4 is 26.9 Å². The zero-order chi connectivity index (χ0) is 12.7. The first-order valence-corrected chi connectivity index (χ1v) is 5.95. The van der Waals surface area contributed by atoms with Gasteiger partial charge < -0.3 is 13.9 Å². The summed E-state index contributed by atoms with van der Waals surface area (Å²) in [5.74, 6) is 0.139. The van der Waals surface area contributed by atoms with Crippen LogP contribution in [-0.2, 0) is 0 Å². The van der Waals surface area contributed by atoms with Crippen LogP contribution in [0.5, 0.6) is 5.75 Å². The van der Waals surface area contributed by atoms with Crippen LogP contribution in [-0.4, -0.2) is 5.11 Å². The van der Waals surface area contributed by atoms with E-state index in [-0.39, 0.29) is 17.1 Å². The molecule has 5 heteroatoms. The predicted molar refractivity (Wildman–Crippen MR) is 69.6 cm³/mol. The fraction of sp³-hybridized carbons (Fsp3) is 0. The van der Waals surface area contributed by atoms with Gasteiger partial charge in [0, 0.05) is 4.47 Å². The highest BCUT2D eigenvalue weighted by Gasteiger charge is 2.17. The van der Waals surface area contributed by atoms with Gasteiger partial charge in [0.05, 0.1) is 11.6 Å². The number of rotatable bonds is 1. The van der Waals surface area contributed by atoms with Gasteiger partial charge in [0.1, 0.15) is 22.7 Å². The van der Waals surface area contributed by atoms with E-state index in [1.165, 1.54) is 6.26 Å². The van der Waals surface area contributed by atoms with E-state index in [1.807, 2.05) is 0 Å². The van der Waals surface area contributed by atoms with E-state index < -0.39 is 5.63 Å². The van der Waals surface area contributed by atoms with Crippen LogP contribution in [0.4, 0.5) is 0 Å². The van der Waals surface area contributed by atoms with Crippen molar-refractivity contribution in [3.63, 3.8) is 0 Å². The first-order chi connectivity index (χ1) is 8.66. The normalized spacial score (nSPS) is 10.9. The Hall–Kier alpha value is -2.01. The minimum Gasteiger partial charge on any atom is -0.506 e. The predicted octanol–water partition coefficient (Wildman–Crippen LogP) is 3.52. The Morgan fingerprint density at radius 3 is 2.78 bits per heavy atom. The average Bonchev–Trinajstić information content (AvgIpc) is 2.84. The molecule has 0 spiro atoms. The Labute approximate surface area is 110 Å². The van der Waals surface area contributed by atoms with Gasteiger partial charge in [-0.1, -0.05) is 15.9 Å². The maximum Gasteiger partial charge on any atom is 0.351 e. The second kappa shape index (κ2) is 4.03. The first-order valence-electron chi connectivity index (χ1n) is 5.16. The summed E-state index contributed by atoms with van der Waals surface area (Å²) in [4.78, 5) is 11.8. The molecule has 0 saturated heterocycles. The highest BCUT2D eigenvalue weighted by Crippen LogP contribution is 2.34. The monoisotopic (exact) mass is 306 g/mol. The molecule has 0 bridgehead atoms. The minimum absolute atomic E-state index is 0.0330. The Bertz CT molecular complexity index is 772. The number of fused-ring (bicyclic) bond motifs is 1. The minimum atomic E-state index is -0.628.